The van der Waals surface area contributed by atoms with Crippen molar-refractivity contribution in [2.45, 2.75) is 52.5 Å². The Bertz CT molecular complexity index is 1320. The predicted molar refractivity (Wildman–Crippen MR) is 147 cm³/mol. The van der Waals surface area contributed by atoms with Crippen molar-refractivity contribution in [2.75, 3.05) is 11.4 Å². The van der Waals surface area contributed by atoms with Crippen molar-refractivity contribution in [3.63, 3.8) is 0 Å². The maximum absolute atomic E-state index is 14.1. The molecule has 38 heavy (non-hydrogen) atoms. The van der Waals surface area contributed by atoms with Crippen LogP contribution in [0.3, 0.4) is 0 Å². The van der Waals surface area contributed by atoms with E-state index in [1.54, 1.807) is 35.2 Å². The highest BCUT2D eigenvalue weighted by atomic mass is 35.5. The molecule has 1 heterocycles. The van der Waals surface area contributed by atoms with E-state index in [9.17, 15) is 14.0 Å². The van der Waals surface area contributed by atoms with Crippen molar-refractivity contribution in [3.05, 3.63) is 99.8 Å². The largest absolute Gasteiger partial charge is 0.355 e. The number of ether oxygens (including phenoxy) is 1. The fourth-order valence-electron chi connectivity index (χ4n) is 4.56. The van der Waals surface area contributed by atoms with E-state index in [-0.39, 0.29) is 24.3 Å². The quantitative estimate of drug-likeness (QED) is 0.416. The molecule has 0 bridgehead atoms. The summed E-state index contributed by atoms with van der Waals surface area (Å²) in [5, 5.41) is 3.24. The summed E-state index contributed by atoms with van der Waals surface area (Å²) in [6.07, 6.45) is -1.95. The van der Waals surface area contributed by atoms with E-state index in [1.165, 1.54) is 6.07 Å². The molecule has 6 nitrogen and oxygen atoms in total. The molecule has 3 N–H and O–H groups in total. The van der Waals surface area contributed by atoms with E-state index in [0.29, 0.717) is 29.4 Å². The number of anilines is 1. The van der Waals surface area contributed by atoms with Crippen LogP contribution in [0.25, 0.3) is 0 Å². The zero-order valence-electron chi connectivity index (χ0n) is 21.8. The first-order valence-corrected chi connectivity index (χ1v) is 13.0. The van der Waals surface area contributed by atoms with Gasteiger partial charge < -0.3 is 20.7 Å². The summed E-state index contributed by atoms with van der Waals surface area (Å²) in [6, 6.07) is 19.3. The molecule has 2 amide bonds. The number of fused-ring (bicyclic) bond motifs is 1. The molecular formula is C30H33ClFN3O3. The van der Waals surface area contributed by atoms with Crippen molar-refractivity contribution in [3.8, 4) is 0 Å². The van der Waals surface area contributed by atoms with Crippen molar-refractivity contribution >= 4 is 29.1 Å². The molecule has 8 heteroatoms. The van der Waals surface area contributed by atoms with E-state index < -0.39 is 23.9 Å². The summed E-state index contributed by atoms with van der Waals surface area (Å²) >= 11 is 6.42. The molecule has 0 spiro atoms. The SMILES string of the molecule is CC(C)(C)CN1C(=O)[C@H](CC(=O)NCc2ccccc2F)O[C@@H](c2cccc(CN)c2)c2cc(Cl)ccc21. The first kappa shape index (κ1) is 27.8. The maximum Gasteiger partial charge on any atom is 0.256 e. The lowest BCUT2D eigenvalue weighted by Crippen LogP contribution is -2.45. The molecule has 0 fully saturated rings. The van der Waals surface area contributed by atoms with Crippen LogP contribution in [0.2, 0.25) is 5.02 Å². The van der Waals surface area contributed by atoms with Crippen LogP contribution >= 0.6 is 11.6 Å². The summed E-state index contributed by atoms with van der Waals surface area (Å²) in [4.78, 5) is 28.6. The van der Waals surface area contributed by atoms with Gasteiger partial charge in [-0.1, -0.05) is 74.8 Å². The second-order valence-corrected chi connectivity index (χ2v) is 11.2. The summed E-state index contributed by atoms with van der Waals surface area (Å²) in [7, 11) is 0. The van der Waals surface area contributed by atoms with Gasteiger partial charge in [0.15, 0.2) is 0 Å². The molecule has 0 saturated carbocycles. The van der Waals surface area contributed by atoms with Crippen LogP contribution < -0.4 is 16.0 Å². The number of carbonyl (C=O) groups is 2. The summed E-state index contributed by atoms with van der Waals surface area (Å²) in [6.45, 7) is 6.89. The zero-order valence-corrected chi connectivity index (χ0v) is 22.6. The fraction of sp³-hybridized carbons (Fsp3) is 0.333. The monoisotopic (exact) mass is 537 g/mol. The Morgan fingerprint density at radius 2 is 1.87 bits per heavy atom. The topological polar surface area (TPSA) is 84.7 Å². The second-order valence-electron chi connectivity index (χ2n) is 10.7. The van der Waals surface area contributed by atoms with Crippen LogP contribution in [0.15, 0.2) is 66.7 Å². The Morgan fingerprint density at radius 1 is 1.11 bits per heavy atom. The maximum atomic E-state index is 14.1. The van der Waals surface area contributed by atoms with Gasteiger partial charge in [-0.05, 0) is 40.8 Å². The third-order valence-corrected chi connectivity index (χ3v) is 6.57. The minimum absolute atomic E-state index is 0.00985. The number of hydrogen-bond acceptors (Lipinski definition) is 4. The van der Waals surface area contributed by atoms with E-state index in [1.807, 2.05) is 51.1 Å². The molecule has 2 atom stereocenters. The summed E-state index contributed by atoms with van der Waals surface area (Å²) < 4.78 is 20.5. The van der Waals surface area contributed by atoms with Gasteiger partial charge >= 0.3 is 0 Å². The molecule has 0 saturated heterocycles. The van der Waals surface area contributed by atoms with E-state index in [2.05, 4.69) is 5.32 Å². The number of halogens is 2. The summed E-state index contributed by atoms with van der Waals surface area (Å²) in [5.74, 6) is -1.14. The fourth-order valence-corrected chi connectivity index (χ4v) is 4.74. The number of benzene rings is 3. The predicted octanol–water partition coefficient (Wildman–Crippen LogP) is 5.51. The molecule has 4 rings (SSSR count). The number of nitrogens with zero attached hydrogens (tertiary/aromatic N) is 1. The van der Waals surface area contributed by atoms with Crippen LogP contribution in [0, 0.1) is 11.2 Å². The Hall–Kier alpha value is -3.26. The average Bonchev–Trinajstić information content (AvgIpc) is 2.98. The molecule has 3 aromatic rings. The number of hydrogen-bond donors (Lipinski definition) is 2. The van der Waals surface area contributed by atoms with Crippen molar-refractivity contribution in [1.82, 2.24) is 5.32 Å². The highest BCUT2D eigenvalue weighted by Gasteiger charge is 2.39. The second kappa shape index (κ2) is 11.6. The number of rotatable bonds is 7. The highest BCUT2D eigenvalue weighted by molar-refractivity contribution is 6.30. The third kappa shape index (κ3) is 6.59. The molecule has 1 aliphatic rings. The first-order valence-electron chi connectivity index (χ1n) is 12.6. The van der Waals surface area contributed by atoms with Gasteiger partial charge in [0, 0.05) is 41.5 Å². The van der Waals surface area contributed by atoms with E-state index in [0.717, 1.165) is 16.7 Å². The molecule has 0 aromatic heterocycles. The smallest absolute Gasteiger partial charge is 0.256 e. The number of nitrogens with two attached hydrogens (primary N) is 1. The standard InChI is InChI=1S/C30H33ClFN3O3/c1-30(2,3)18-35-25-12-11-22(31)14-23(25)28(20-9-6-7-19(13-20)16-33)38-26(29(35)37)15-27(36)34-17-21-8-4-5-10-24(21)32/h4-14,26,28H,15-18,33H2,1-3H3,(H,34,36)/t26-,28-/m0/s1. The van der Waals surface area contributed by atoms with Crippen LogP contribution in [0.4, 0.5) is 10.1 Å². The minimum Gasteiger partial charge on any atom is -0.355 e. The van der Waals surface area contributed by atoms with Crippen molar-refractivity contribution in [1.29, 1.82) is 0 Å². The molecule has 0 aliphatic carbocycles. The average molecular weight is 538 g/mol. The van der Waals surface area contributed by atoms with Gasteiger partial charge in [-0.25, -0.2) is 4.39 Å². The van der Waals surface area contributed by atoms with Gasteiger partial charge in [0.1, 0.15) is 18.0 Å². The normalized spacial score (nSPS) is 17.6. The zero-order chi connectivity index (χ0) is 27.4. The molecule has 3 aromatic carbocycles. The molecular weight excluding hydrogens is 505 g/mol. The van der Waals surface area contributed by atoms with Crippen molar-refractivity contribution < 1.29 is 18.7 Å². The van der Waals surface area contributed by atoms with Crippen LogP contribution in [0.5, 0.6) is 0 Å². The van der Waals surface area contributed by atoms with Gasteiger partial charge in [-0.3, -0.25) is 9.59 Å². The van der Waals surface area contributed by atoms with Gasteiger partial charge in [0.05, 0.1) is 6.42 Å². The van der Waals surface area contributed by atoms with Crippen LogP contribution in [-0.2, 0) is 27.4 Å². The number of carbonyl (C=O) groups excluding carboxylic acids is 2. The molecule has 1 aliphatic heterocycles. The summed E-state index contributed by atoms with van der Waals surface area (Å²) in [5.41, 5.74) is 9.16. The molecule has 200 valence electrons. The lowest BCUT2D eigenvalue weighted by atomic mass is 9.94. The van der Waals surface area contributed by atoms with Crippen molar-refractivity contribution in [2.24, 2.45) is 11.1 Å². The Morgan fingerprint density at radius 3 is 2.58 bits per heavy atom. The lowest BCUT2D eigenvalue weighted by molar-refractivity contribution is -0.138. The Balaban J connectivity index is 1.70. The number of nitrogens with one attached hydrogen (secondary N) is 1. The van der Waals surface area contributed by atoms with Gasteiger partial charge in [0.25, 0.3) is 5.91 Å². The van der Waals surface area contributed by atoms with Gasteiger partial charge in [0.2, 0.25) is 5.91 Å². The minimum atomic E-state index is -1.07. The Kier molecular flexibility index (Phi) is 8.51. The first-order chi connectivity index (χ1) is 18.1. The van der Waals surface area contributed by atoms with E-state index >= 15 is 0 Å². The molecule has 0 radical (unpaired) electrons. The third-order valence-electron chi connectivity index (χ3n) is 6.33. The van der Waals surface area contributed by atoms with E-state index in [4.69, 9.17) is 22.1 Å². The lowest BCUT2D eigenvalue weighted by Gasteiger charge is -2.31. The van der Waals surface area contributed by atoms with Crippen LogP contribution in [-0.4, -0.2) is 24.5 Å². The van der Waals surface area contributed by atoms with Gasteiger partial charge in [-0.2, -0.15) is 0 Å². The Labute approximate surface area is 227 Å². The van der Waals surface area contributed by atoms with Gasteiger partial charge in [-0.15, -0.1) is 0 Å². The number of amides is 2. The highest BCUT2D eigenvalue weighted by Crippen LogP contribution is 2.41. The van der Waals surface area contributed by atoms with Crippen LogP contribution in [0.1, 0.15) is 55.5 Å². The molecule has 0 unspecified atom stereocenters.